The highest BCUT2D eigenvalue weighted by Gasteiger charge is 2.30. The van der Waals surface area contributed by atoms with Gasteiger partial charge >= 0.3 is 5.97 Å². The third kappa shape index (κ3) is 3.82. The molecule has 128 valence electrons. The van der Waals surface area contributed by atoms with Gasteiger partial charge in [-0.05, 0) is 24.8 Å². The third-order valence-corrected chi connectivity index (χ3v) is 5.03. The number of nitrogens with one attached hydrogen (secondary N) is 1. The lowest BCUT2D eigenvalue weighted by Gasteiger charge is -2.27. The molecule has 0 aromatic carbocycles. The molecule has 0 aliphatic carbocycles. The van der Waals surface area contributed by atoms with Gasteiger partial charge in [0, 0.05) is 30.7 Å². The van der Waals surface area contributed by atoms with Crippen molar-refractivity contribution >= 4 is 23.2 Å². The van der Waals surface area contributed by atoms with E-state index in [1.54, 1.807) is 24.0 Å². The SMILES string of the molecule is O=C(NCC(C(=O)O)C1CCOCC1)c1csc(-c2ccoc2)n1. The molecule has 3 rings (SSSR count). The molecule has 0 saturated carbocycles. The minimum atomic E-state index is -0.889. The van der Waals surface area contributed by atoms with E-state index >= 15 is 0 Å². The second-order valence-corrected chi connectivity index (χ2v) is 6.51. The monoisotopic (exact) mass is 350 g/mol. The standard InChI is InChI=1S/C16H18N2O5S/c19-14(13-9-24-15(18-13)11-3-6-23-8-11)17-7-12(16(20)21)10-1-4-22-5-2-10/h3,6,8-10,12H,1-2,4-5,7H2,(H,17,19)(H,20,21). The molecular weight excluding hydrogens is 332 g/mol. The lowest BCUT2D eigenvalue weighted by molar-refractivity contribution is -0.144. The molecule has 1 atom stereocenters. The molecule has 2 N–H and O–H groups in total. The van der Waals surface area contributed by atoms with E-state index in [2.05, 4.69) is 10.3 Å². The number of rotatable bonds is 6. The fourth-order valence-corrected chi connectivity index (χ4v) is 3.55. The van der Waals surface area contributed by atoms with Crippen LogP contribution in [0.25, 0.3) is 10.6 Å². The number of hydrogen-bond acceptors (Lipinski definition) is 6. The Balaban J connectivity index is 1.60. The summed E-state index contributed by atoms with van der Waals surface area (Å²) in [6.07, 6.45) is 4.51. The quantitative estimate of drug-likeness (QED) is 0.828. The number of nitrogens with zero attached hydrogens (tertiary/aromatic N) is 1. The van der Waals surface area contributed by atoms with Crippen molar-refractivity contribution < 1.29 is 23.8 Å². The molecule has 1 amide bonds. The number of thiazole rings is 1. The van der Waals surface area contributed by atoms with Crippen LogP contribution in [0.5, 0.6) is 0 Å². The predicted molar refractivity (Wildman–Crippen MR) is 86.8 cm³/mol. The van der Waals surface area contributed by atoms with Crippen LogP contribution in [0.15, 0.2) is 28.4 Å². The Kier molecular flexibility index (Phi) is 5.27. The van der Waals surface area contributed by atoms with Crippen LogP contribution in [0.3, 0.4) is 0 Å². The van der Waals surface area contributed by atoms with E-state index in [0.717, 1.165) is 5.56 Å². The smallest absolute Gasteiger partial charge is 0.308 e. The second kappa shape index (κ2) is 7.59. The molecule has 24 heavy (non-hydrogen) atoms. The number of hydrogen-bond donors (Lipinski definition) is 2. The van der Waals surface area contributed by atoms with Crippen LogP contribution in [0.2, 0.25) is 0 Å². The first-order chi connectivity index (χ1) is 11.6. The van der Waals surface area contributed by atoms with E-state index < -0.39 is 11.9 Å². The number of aromatic nitrogens is 1. The highest BCUT2D eigenvalue weighted by molar-refractivity contribution is 7.13. The summed E-state index contributed by atoms with van der Waals surface area (Å²) >= 11 is 1.34. The first-order valence-electron chi connectivity index (χ1n) is 7.72. The lowest BCUT2D eigenvalue weighted by atomic mass is 9.86. The molecule has 1 fully saturated rings. The van der Waals surface area contributed by atoms with Crippen LogP contribution < -0.4 is 5.32 Å². The van der Waals surface area contributed by atoms with E-state index in [1.807, 2.05) is 0 Å². The van der Waals surface area contributed by atoms with Crippen molar-refractivity contribution in [2.24, 2.45) is 11.8 Å². The summed E-state index contributed by atoms with van der Waals surface area (Å²) in [5.74, 6) is -1.84. The summed E-state index contributed by atoms with van der Waals surface area (Å²) in [6.45, 7) is 1.24. The summed E-state index contributed by atoms with van der Waals surface area (Å²) in [6, 6.07) is 1.77. The van der Waals surface area contributed by atoms with Gasteiger partial charge in [-0.15, -0.1) is 11.3 Å². The van der Waals surface area contributed by atoms with Gasteiger partial charge < -0.3 is 19.6 Å². The van der Waals surface area contributed by atoms with Gasteiger partial charge in [-0.1, -0.05) is 0 Å². The van der Waals surface area contributed by atoms with E-state index in [0.29, 0.717) is 31.1 Å². The topological polar surface area (TPSA) is 102 Å². The summed E-state index contributed by atoms with van der Waals surface area (Å²) in [5, 5.41) is 14.5. The predicted octanol–water partition coefficient (Wildman–Crippen LogP) is 2.26. The molecule has 2 aromatic heterocycles. The Morgan fingerprint density at radius 2 is 2.21 bits per heavy atom. The van der Waals surface area contributed by atoms with Crippen LogP contribution in [-0.4, -0.2) is 41.7 Å². The molecular formula is C16H18N2O5S. The Hall–Kier alpha value is -2.19. The minimum Gasteiger partial charge on any atom is -0.481 e. The van der Waals surface area contributed by atoms with Crippen LogP contribution in [0, 0.1) is 11.8 Å². The number of carbonyl (C=O) groups is 2. The number of furan rings is 1. The molecule has 2 aromatic rings. The fourth-order valence-electron chi connectivity index (χ4n) is 2.76. The minimum absolute atomic E-state index is 0.0217. The average molecular weight is 350 g/mol. The zero-order valence-electron chi connectivity index (χ0n) is 12.9. The Morgan fingerprint density at radius 3 is 2.88 bits per heavy atom. The summed E-state index contributed by atoms with van der Waals surface area (Å²) in [5.41, 5.74) is 1.09. The number of carboxylic acid groups (broad SMARTS) is 1. The molecule has 3 heterocycles. The van der Waals surface area contributed by atoms with Crippen molar-refractivity contribution in [2.75, 3.05) is 19.8 Å². The maximum atomic E-state index is 12.2. The maximum Gasteiger partial charge on any atom is 0.308 e. The van der Waals surface area contributed by atoms with Crippen LogP contribution >= 0.6 is 11.3 Å². The van der Waals surface area contributed by atoms with Gasteiger partial charge in [-0.25, -0.2) is 4.98 Å². The van der Waals surface area contributed by atoms with Gasteiger partial charge in [-0.2, -0.15) is 0 Å². The number of ether oxygens (including phenoxy) is 1. The highest BCUT2D eigenvalue weighted by atomic mass is 32.1. The van der Waals surface area contributed by atoms with E-state index in [9.17, 15) is 14.7 Å². The maximum absolute atomic E-state index is 12.2. The Labute approximate surface area is 142 Å². The normalized spacial score (nSPS) is 16.7. The van der Waals surface area contributed by atoms with Crippen molar-refractivity contribution in [3.05, 3.63) is 29.7 Å². The fraction of sp³-hybridized carbons (Fsp3) is 0.438. The molecule has 1 saturated heterocycles. The van der Waals surface area contributed by atoms with E-state index in [1.165, 1.54) is 11.3 Å². The van der Waals surface area contributed by atoms with Gasteiger partial charge in [0.15, 0.2) is 0 Å². The Bertz CT molecular complexity index is 691. The summed E-state index contributed by atoms with van der Waals surface area (Å²) in [4.78, 5) is 28.0. The molecule has 8 heteroatoms. The zero-order valence-corrected chi connectivity index (χ0v) is 13.8. The van der Waals surface area contributed by atoms with Gasteiger partial charge in [-0.3, -0.25) is 9.59 Å². The van der Waals surface area contributed by atoms with Crippen molar-refractivity contribution in [3.8, 4) is 10.6 Å². The average Bonchev–Trinajstić information content (AvgIpc) is 3.27. The summed E-state index contributed by atoms with van der Waals surface area (Å²) < 4.78 is 10.3. The summed E-state index contributed by atoms with van der Waals surface area (Å²) in [7, 11) is 0. The van der Waals surface area contributed by atoms with Crippen molar-refractivity contribution in [1.82, 2.24) is 10.3 Å². The van der Waals surface area contributed by atoms with Crippen molar-refractivity contribution in [1.29, 1.82) is 0 Å². The molecule has 1 aliphatic heterocycles. The van der Waals surface area contributed by atoms with Gasteiger partial charge in [0.2, 0.25) is 0 Å². The zero-order chi connectivity index (χ0) is 16.9. The van der Waals surface area contributed by atoms with Crippen LogP contribution in [0.4, 0.5) is 0 Å². The second-order valence-electron chi connectivity index (χ2n) is 5.65. The van der Waals surface area contributed by atoms with Crippen molar-refractivity contribution in [2.45, 2.75) is 12.8 Å². The van der Waals surface area contributed by atoms with Crippen LogP contribution in [0.1, 0.15) is 23.3 Å². The van der Waals surface area contributed by atoms with E-state index in [4.69, 9.17) is 9.15 Å². The Morgan fingerprint density at radius 1 is 1.42 bits per heavy atom. The molecule has 1 unspecified atom stereocenters. The first kappa shape index (κ1) is 16.7. The van der Waals surface area contributed by atoms with Gasteiger partial charge in [0.1, 0.15) is 17.0 Å². The van der Waals surface area contributed by atoms with Gasteiger partial charge in [0.25, 0.3) is 5.91 Å². The molecule has 0 spiro atoms. The lowest BCUT2D eigenvalue weighted by Crippen LogP contribution is -2.39. The third-order valence-electron chi connectivity index (χ3n) is 4.14. The van der Waals surface area contributed by atoms with Crippen molar-refractivity contribution in [3.63, 3.8) is 0 Å². The number of carbonyl (C=O) groups excluding carboxylic acids is 1. The molecule has 0 radical (unpaired) electrons. The number of amides is 1. The molecule has 7 nitrogen and oxygen atoms in total. The number of aliphatic carboxylic acids is 1. The highest BCUT2D eigenvalue weighted by Crippen LogP contribution is 2.25. The van der Waals surface area contributed by atoms with Crippen LogP contribution in [-0.2, 0) is 9.53 Å². The first-order valence-corrected chi connectivity index (χ1v) is 8.60. The van der Waals surface area contributed by atoms with Gasteiger partial charge in [0.05, 0.1) is 12.2 Å². The largest absolute Gasteiger partial charge is 0.481 e. The molecule has 0 bridgehead atoms. The number of carboxylic acids is 1. The molecule has 1 aliphatic rings. The van der Waals surface area contributed by atoms with E-state index in [-0.39, 0.29) is 24.1 Å².